The molecule has 4 nitrogen and oxygen atoms in total. The highest BCUT2D eigenvalue weighted by Crippen LogP contribution is 2.64. The topological polar surface area (TPSA) is 69.9 Å². The van der Waals surface area contributed by atoms with Crippen LogP contribution in [0.5, 0.6) is 0 Å². The fraction of sp³-hybridized carbons (Fsp3) is 0.900. The van der Waals surface area contributed by atoms with E-state index in [4.69, 9.17) is 4.74 Å². The summed E-state index contributed by atoms with van der Waals surface area (Å²) >= 11 is 0. The molecule has 0 unspecified atom stereocenters. The summed E-state index contributed by atoms with van der Waals surface area (Å²) < 4.78 is 6.05. The van der Waals surface area contributed by atoms with Crippen molar-refractivity contribution < 1.29 is 20.1 Å². The molecular weight excluding hydrogens is 304 g/mol. The molecule has 0 spiro atoms. The van der Waals surface area contributed by atoms with Crippen molar-refractivity contribution in [2.24, 2.45) is 28.1 Å². The van der Waals surface area contributed by atoms with Crippen molar-refractivity contribution in [2.75, 3.05) is 13.2 Å². The minimum Gasteiger partial charge on any atom is -0.396 e. The maximum atomic E-state index is 10.6. The van der Waals surface area contributed by atoms with Gasteiger partial charge in [-0.2, -0.15) is 0 Å². The van der Waals surface area contributed by atoms with Crippen LogP contribution in [0.25, 0.3) is 0 Å². The van der Waals surface area contributed by atoms with Crippen LogP contribution in [0.1, 0.15) is 52.9 Å². The number of aliphatic hydroxyl groups is 3. The maximum Gasteiger partial charge on any atom is 0.0868 e. The highest BCUT2D eigenvalue weighted by molar-refractivity contribution is 5.30. The Morgan fingerprint density at radius 1 is 1.08 bits per heavy atom. The van der Waals surface area contributed by atoms with E-state index in [-0.39, 0.29) is 29.6 Å². The molecule has 0 radical (unpaired) electrons. The van der Waals surface area contributed by atoms with Crippen LogP contribution in [0.2, 0.25) is 0 Å². The van der Waals surface area contributed by atoms with Crippen molar-refractivity contribution in [1.82, 2.24) is 0 Å². The van der Waals surface area contributed by atoms with Gasteiger partial charge in [-0.15, -0.1) is 0 Å². The van der Waals surface area contributed by atoms with Crippen molar-refractivity contribution in [1.29, 1.82) is 0 Å². The van der Waals surface area contributed by atoms with Crippen LogP contribution >= 0.6 is 0 Å². The highest BCUT2D eigenvalue weighted by Gasteiger charge is 2.62. The summed E-state index contributed by atoms with van der Waals surface area (Å²) in [7, 11) is 0. The van der Waals surface area contributed by atoms with Gasteiger partial charge in [0.15, 0.2) is 0 Å². The van der Waals surface area contributed by atoms with Gasteiger partial charge >= 0.3 is 0 Å². The average Bonchev–Trinajstić information content (AvgIpc) is 2.87. The predicted octanol–water partition coefficient (Wildman–Crippen LogP) is 2.27. The summed E-state index contributed by atoms with van der Waals surface area (Å²) in [4.78, 5) is 0. The molecule has 4 rings (SSSR count). The predicted molar refractivity (Wildman–Crippen MR) is 91.3 cm³/mol. The lowest BCUT2D eigenvalue weighted by Crippen LogP contribution is -2.59. The van der Waals surface area contributed by atoms with Crippen molar-refractivity contribution in [3.8, 4) is 0 Å². The standard InChI is InChI=1S/C20H32O4/c1-18-9-7-15(22)20(3,11-21)14(18)5-4-12-13(18)6-8-19(2)16(23)10-24-17(12)19/h4,13-17,21-23H,5-11H2,1-3H3/t13-,14+,15+,16+,17-,18+,19-,20+/m0/s1. The van der Waals surface area contributed by atoms with Gasteiger partial charge in [-0.05, 0) is 54.9 Å². The van der Waals surface area contributed by atoms with E-state index in [1.165, 1.54) is 5.57 Å². The molecule has 4 heteroatoms. The summed E-state index contributed by atoms with van der Waals surface area (Å²) in [6.07, 6.45) is 6.29. The molecule has 0 aromatic carbocycles. The second-order valence-corrected chi connectivity index (χ2v) is 9.54. The minimum absolute atomic E-state index is 0.0382. The second kappa shape index (κ2) is 5.29. The Bertz CT molecular complexity index is 560. The molecule has 1 heterocycles. The summed E-state index contributed by atoms with van der Waals surface area (Å²) in [5, 5.41) is 31.0. The van der Waals surface area contributed by atoms with E-state index in [0.29, 0.717) is 18.4 Å². The van der Waals surface area contributed by atoms with Crippen LogP contribution in [-0.2, 0) is 4.74 Å². The van der Waals surface area contributed by atoms with Gasteiger partial charge in [0.05, 0.1) is 31.5 Å². The van der Waals surface area contributed by atoms with Crippen molar-refractivity contribution in [3.05, 3.63) is 11.6 Å². The van der Waals surface area contributed by atoms with Crippen molar-refractivity contribution in [2.45, 2.75) is 71.2 Å². The number of hydrogen-bond acceptors (Lipinski definition) is 4. The first-order valence-corrected chi connectivity index (χ1v) is 9.56. The second-order valence-electron chi connectivity index (χ2n) is 9.54. The highest BCUT2D eigenvalue weighted by atomic mass is 16.5. The zero-order valence-electron chi connectivity index (χ0n) is 15.2. The molecule has 1 saturated heterocycles. The quantitative estimate of drug-likeness (QED) is 0.643. The molecule has 4 aliphatic rings. The van der Waals surface area contributed by atoms with Gasteiger partial charge in [0.25, 0.3) is 0 Å². The van der Waals surface area contributed by atoms with Crippen molar-refractivity contribution >= 4 is 0 Å². The van der Waals surface area contributed by atoms with Gasteiger partial charge in [0.2, 0.25) is 0 Å². The monoisotopic (exact) mass is 336 g/mol. The lowest BCUT2D eigenvalue weighted by molar-refractivity contribution is -0.153. The maximum absolute atomic E-state index is 10.6. The van der Waals surface area contributed by atoms with Crippen molar-refractivity contribution in [3.63, 3.8) is 0 Å². The SMILES string of the molecule is C[C@]12CC[C@@H](O)[C@](C)(CO)[C@@H]1CC=C1[C@@H]2CC[C@@]2(C)[C@H](O)CO[C@@H]12. The van der Waals surface area contributed by atoms with Crippen LogP contribution in [0, 0.1) is 28.1 Å². The molecule has 3 fully saturated rings. The Morgan fingerprint density at radius 2 is 1.79 bits per heavy atom. The lowest BCUT2D eigenvalue weighted by atomic mass is 9.44. The van der Waals surface area contributed by atoms with Gasteiger partial charge in [-0.3, -0.25) is 0 Å². The Hall–Kier alpha value is -0.420. The summed E-state index contributed by atoms with van der Waals surface area (Å²) in [6.45, 7) is 7.08. The largest absolute Gasteiger partial charge is 0.396 e. The lowest BCUT2D eigenvalue weighted by Gasteiger charge is -2.61. The number of allylic oxidation sites excluding steroid dienone is 1. The van der Waals surface area contributed by atoms with E-state index in [1.54, 1.807) is 0 Å². The normalized spacial score (nSPS) is 56.9. The molecule has 3 N–H and O–H groups in total. The van der Waals surface area contributed by atoms with E-state index in [1.807, 2.05) is 0 Å². The molecule has 3 aliphatic carbocycles. The molecule has 0 amide bonds. The number of fused-ring (bicyclic) bond motifs is 5. The smallest absolute Gasteiger partial charge is 0.0868 e. The Kier molecular flexibility index (Phi) is 3.75. The van der Waals surface area contributed by atoms with Crippen LogP contribution in [-0.4, -0.2) is 46.8 Å². The molecule has 0 aromatic heterocycles. The van der Waals surface area contributed by atoms with E-state index >= 15 is 0 Å². The minimum atomic E-state index is -0.425. The van der Waals surface area contributed by atoms with E-state index in [0.717, 1.165) is 32.1 Å². The van der Waals surface area contributed by atoms with Gasteiger partial charge in [-0.25, -0.2) is 0 Å². The first-order chi connectivity index (χ1) is 11.3. The van der Waals surface area contributed by atoms with Crippen LogP contribution < -0.4 is 0 Å². The molecular formula is C20H32O4. The number of rotatable bonds is 1. The Morgan fingerprint density at radius 3 is 2.50 bits per heavy atom. The fourth-order valence-electron chi connectivity index (χ4n) is 6.64. The third kappa shape index (κ3) is 1.94. The third-order valence-electron chi connectivity index (χ3n) is 8.49. The first kappa shape index (κ1) is 17.0. The number of hydrogen-bond donors (Lipinski definition) is 3. The molecule has 1 aliphatic heterocycles. The summed E-state index contributed by atoms with van der Waals surface area (Å²) in [5.74, 6) is 0.737. The van der Waals surface area contributed by atoms with Gasteiger partial charge in [0, 0.05) is 10.8 Å². The fourth-order valence-corrected chi connectivity index (χ4v) is 6.64. The van der Waals surface area contributed by atoms with Crippen LogP contribution in [0.4, 0.5) is 0 Å². The van der Waals surface area contributed by atoms with E-state index in [2.05, 4.69) is 26.8 Å². The van der Waals surface area contributed by atoms with E-state index < -0.39 is 11.5 Å². The molecule has 0 bridgehead atoms. The van der Waals surface area contributed by atoms with Gasteiger partial charge in [0.1, 0.15) is 0 Å². The summed E-state index contributed by atoms with van der Waals surface area (Å²) in [5.41, 5.74) is 0.904. The molecule has 8 atom stereocenters. The van der Waals surface area contributed by atoms with Gasteiger partial charge < -0.3 is 20.1 Å². The zero-order chi connectivity index (χ0) is 17.3. The van der Waals surface area contributed by atoms with Crippen LogP contribution in [0.3, 0.4) is 0 Å². The summed E-state index contributed by atoms with van der Waals surface area (Å²) in [6, 6.07) is 0. The zero-order valence-corrected chi connectivity index (χ0v) is 15.2. The van der Waals surface area contributed by atoms with E-state index in [9.17, 15) is 15.3 Å². The number of ether oxygens (including phenoxy) is 1. The Labute approximate surface area is 144 Å². The first-order valence-electron chi connectivity index (χ1n) is 9.56. The van der Waals surface area contributed by atoms with Gasteiger partial charge in [-0.1, -0.05) is 26.8 Å². The molecule has 136 valence electrons. The molecule has 2 saturated carbocycles. The van der Waals surface area contributed by atoms with Crippen LogP contribution in [0.15, 0.2) is 11.6 Å². The molecule has 24 heavy (non-hydrogen) atoms. The average molecular weight is 336 g/mol. The third-order valence-corrected chi connectivity index (χ3v) is 8.49. The number of aliphatic hydroxyl groups excluding tert-OH is 3. The molecule has 0 aromatic rings. The Balaban J connectivity index is 1.74.